The van der Waals surface area contributed by atoms with Crippen LogP contribution in [0.3, 0.4) is 0 Å². The summed E-state index contributed by atoms with van der Waals surface area (Å²) in [6.07, 6.45) is 1.82. The number of hydrogen-bond donors (Lipinski definition) is 0. The molecular formula is C30H36O7. The SMILES string of the molecule is COc1cc([C@@H]2CC[C@H](c3cc(OC)c(OCc4ccccc4)c(OC)c3)[C@H]2OC)cc(OC)c1OC. The molecule has 7 heteroatoms. The van der Waals surface area contributed by atoms with E-state index in [-0.39, 0.29) is 17.9 Å². The van der Waals surface area contributed by atoms with E-state index in [1.807, 2.05) is 54.6 Å². The molecule has 0 spiro atoms. The first-order chi connectivity index (χ1) is 18.1. The summed E-state index contributed by atoms with van der Waals surface area (Å²) in [5.41, 5.74) is 3.24. The van der Waals surface area contributed by atoms with Crippen LogP contribution in [-0.2, 0) is 11.3 Å². The summed E-state index contributed by atoms with van der Waals surface area (Å²) < 4.78 is 40.5. The molecule has 0 amide bonds. The van der Waals surface area contributed by atoms with Gasteiger partial charge in [-0.1, -0.05) is 30.3 Å². The Hall–Kier alpha value is -3.58. The number of benzene rings is 3. The van der Waals surface area contributed by atoms with Crippen molar-refractivity contribution in [3.05, 3.63) is 71.3 Å². The molecule has 0 saturated heterocycles. The molecule has 0 N–H and O–H groups in total. The molecule has 4 rings (SSSR count). The van der Waals surface area contributed by atoms with Crippen LogP contribution in [0.1, 0.15) is 41.4 Å². The molecule has 3 aromatic carbocycles. The van der Waals surface area contributed by atoms with Crippen LogP contribution in [0.15, 0.2) is 54.6 Å². The summed E-state index contributed by atoms with van der Waals surface area (Å²) in [4.78, 5) is 0. The van der Waals surface area contributed by atoms with Gasteiger partial charge in [0.1, 0.15) is 6.61 Å². The van der Waals surface area contributed by atoms with Crippen molar-refractivity contribution in [2.24, 2.45) is 0 Å². The minimum absolute atomic E-state index is 0.0618. The molecule has 1 fully saturated rings. The van der Waals surface area contributed by atoms with E-state index in [0.29, 0.717) is 41.1 Å². The average molecular weight is 509 g/mol. The average Bonchev–Trinajstić information content (AvgIpc) is 3.39. The fourth-order valence-electron chi connectivity index (χ4n) is 5.31. The lowest BCUT2D eigenvalue weighted by atomic mass is 9.89. The van der Waals surface area contributed by atoms with Gasteiger partial charge in [0.05, 0.1) is 41.7 Å². The second kappa shape index (κ2) is 12.1. The Bertz CT molecular complexity index is 1130. The zero-order valence-corrected chi connectivity index (χ0v) is 22.4. The van der Waals surface area contributed by atoms with Gasteiger partial charge in [-0.05, 0) is 53.8 Å². The summed E-state index contributed by atoms with van der Waals surface area (Å²) in [5, 5.41) is 0. The molecule has 198 valence electrons. The summed E-state index contributed by atoms with van der Waals surface area (Å²) >= 11 is 0. The highest BCUT2D eigenvalue weighted by molar-refractivity contribution is 5.57. The Morgan fingerprint density at radius 1 is 0.595 bits per heavy atom. The minimum atomic E-state index is -0.0618. The molecule has 3 aromatic rings. The second-order valence-corrected chi connectivity index (χ2v) is 8.98. The second-order valence-electron chi connectivity index (χ2n) is 8.98. The van der Waals surface area contributed by atoms with E-state index in [1.54, 1.807) is 42.7 Å². The first-order valence-corrected chi connectivity index (χ1v) is 12.3. The van der Waals surface area contributed by atoms with Crippen molar-refractivity contribution in [2.45, 2.75) is 37.4 Å². The van der Waals surface area contributed by atoms with Crippen LogP contribution >= 0.6 is 0 Å². The first-order valence-electron chi connectivity index (χ1n) is 12.3. The maximum atomic E-state index is 6.15. The van der Waals surface area contributed by atoms with Gasteiger partial charge in [-0.2, -0.15) is 0 Å². The molecule has 0 aromatic heterocycles. The van der Waals surface area contributed by atoms with Crippen LogP contribution < -0.4 is 28.4 Å². The van der Waals surface area contributed by atoms with Crippen molar-refractivity contribution in [1.29, 1.82) is 0 Å². The molecule has 0 bridgehead atoms. The van der Waals surface area contributed by atoms with Gasteiger partial charge in [-0.25, -0.2) is 0 Å². The van der Waals surface area contributed by atoms with Crippen molar-refractivity contribution in [3.63, 3.8) is 0 Å². The highest BCUT2D eigenvalue weighted by atomic mass is 16.5. The summed E-state index contributed by atoms with van der Waals surface area (Å²) in [6.45, 7) is 0.417. The molecule has 0 aliphatic heterocycles. The molecule has 7 nitrogen and oxygen atoms in total. The maximum absolute atomic E-state index is 6.15. The quantitative estimate of drug-likeness (QED) is 0.315. The molecular weight excluding hydrogens is 472 g/mol. The first kappa shape index (κ1) is 26.5. The van der Waals surface area contributed by atoms with Crippen molar-refractivity contribution in [2.75, 3.05) is 42.7 Å². The van der Waals surface area contributed by atoms with Crippen molar-refractivity contribution >= 4 is 0 Å². The number of methoxy groups -OCH3 is 6. The van der Waals surface area contributed by atoms with Gasteiger partial charge in [-0.15, -0.1) is 0 Å². The third kappa shape index (κ3) is 5.42. The molecule has 37 heavy (non-hydrogen) atoms. The number of ether oxygens (including phenoxy) is 7. The fraction of sp³-hybridized carbons (Fsp3) is 0.400. The third-order valence-corrected chi connectivity index (χ3v) is 7.11. The zero-order valence-electron chi connectivity index (χ0n) is 22.4. The molecule has 1 saturated carbocycles. The Labute approximate surface area is 219 Å². The van der Waals surface area contributed by atoms with Gasteiger partial charge in [-0.3, -0.25) is 0 Å². The minimum Gasteiger partial charge on any atom is -0.493 e. The largest absolute Gasteiger partial charge is 0.493 e. The number of rotatable bonds is 11. The third-order valence-electron chi connectivity index (χ3n) is 7.11. The smallest absolute Gasteiger partial charge is 0.203 e. The maximum Gasteiger partial charge on any atom is 0.203 e. The van der Waals surface area contributed by atoms with E-state index in [0.717, 1.165) is 29.5 Å². The van der Waals surface area contributed by atoms with Crippen LogP contribution in [0.5, 0.6) is 34.5 Å². The lowest BCUT2D eigenvalue weighted by Crippen LogP contribution is -2.21. The standard InChI is InChI=1S/C30H36O7/c1-31-24-14-20(15-25(32-2)29(24)36-6)22-12-13-23(28(22)35-5)21-16-26(33-3)30(27(17-21)34-4)37-18-19-10-8-7-9-11-19/h7-11,14-17,22-23,28H,12-13,18H2,1-6H3/t22-,23+,28-/m0/s1. The van der Waals surface area contributed by atoms with Crippen molar-refractivity contribution < 1.29 is 33.2 Å². The van der Waals surface area contributed by atoms with Gasteiger partial charge in [0, 0.05) is 18.9 Å². The zero-order chi connectivity index (χ0) is 26.4. The molecule has 3 atom stereocenters. The molecule has 1 aliphatic carbocycles. The normalized spacial score (nSPS) is 18.8. The Balaban J connectivity index is 1.64. The van der Waals surface area contributed by atoms with Crippen LogP contribution in [0, 0.1) is 0 Å². The van der Waals surface area contributed by atoms with Gasteiger partial charge in [0.25, 0.3) is 0 Å². The van der Waals surface area contributed by atoms with Crippen LogP contribution in [0.2, 0.25) is 0 Å². The van der Waals surface area contributed by atoms with Crippen molar-refractivity contribution in [3.8, 4) is 34.5 Å². The van der Waals surface area contributed by atoms with E-state index >= 15 is 0 Å². The summed E-state index contributed by atoms with van der Waals surface area (Å²) in [5.74, 6) is 4.00. The van der Waals surface area contributed by atoms with Gasteiger partial charge in [0.15, 0.2) is 23.0 Å². The van der Waals surface area contributed by atoms with E-state index in [4.69, 9.17) is 33.2 Å². The Kier molecular flexibility index (Phi) is 8.66. The van der Waals surface area contributed by atoms with E-state index < -0.39 is 0 Å². The predicted octanol–water partition coefficient (Wildman–Crippen LogP) is 5.98. The molecule has 0 heterocycles. The van der Waals surface area contributed by atoms with Crippen LogP contribution in [0.4, 0.5) is 0 Å². The highest BCUT2D eigenvalue weighted by Gasteiger charge is 2.39. The molecule has 0 unspecified atom stereocenters. The Morgan fingerprint density at radius 3 is 1.46 bits per heavy atom. The molecule has 0 radical (unpaired) electrons. The lowest BCUT2D eigenvalue weighted by Gasteiger charge is -2.26. The van der Waals surface area contributed by atoms with Crippen LogP contribution in [-0.4, -0.2) is 48.8 Å². The summed E-state index contributed by atoms with van der Waals surface area (Å²) in [7, 11) is 9.93. The van der Waals surface area contributed by atoms with Crippen molar-refractivity contribution in [1.82, 2.24) is 0 Å². The molecule has 1 aliphatic rings. The van der Waals surface area contributed by atoms with Gasteiger partial charge >= 0.3 is 0 Å². The van der Waals surface area contributed by atoms with Gasteiger partial charge < -0.3 is 33.2 Å². The topological polar surface area (TPSA) is 64.6 Å². The van der Waals surface area contributed by atoms with Gasteiger partial charge in [0.2, 0.25) is 11.5 Å². The number of hydrogen-bond acceptors (Lipinski definition) is 7. The summed E-state index contributed by atoms with van der Waals surface area (Å²) in [6, 6.07) is 18.1. The highest BCUT2D eigenvalue weighted by Crippen LogP contribution is 2.51. The van der Waals surface area contributed by atoms with E-state index in [9.17, 15) is 0 Å². The fourth-order valence-corrected chi connectivity index (χ4v) is 5.31. The predicted molar refractivity (Wildman–Crippen MR) is 142 cm³/mol. The lowest BCUT2D eigenvalue weighted by molar-refractivity contribution is 0.0804. The van der Waals surface area contributed by atoms with E-state index in [2.05, 4.69) is 0 Å². The Morgan fingerprint density at radius 2 is 1.05 bits per heavy atom. The van der Waals surface area contributed by atoms with Crippen LogP contribution in [0.25, 0.3) is 0 Å². The monoisotopic (exact) mass is 508 g/mol. The van der Waals surface area contributed by atoms with E-state index in [1.165, 1.54) is 0 Å².